The number of methoxy groups -OCH3 is 1. The highest BCUT2D eigenvalue weighted by atomic mass is 16.5. The highest BCUT2D eigenvalue weighted by Crippen LogP contribution is 2.44. The van der Waals surface area contributed by atoms with E-state index in [1.807, 2.05) is 37.4 Å². The Morgan fingerprint density at radius 2 is 2.00 bits per heavy atom. The first-order valence-corrected chi connectivity index (χ1v) is 14.1. The number of benzene rings is 1. The van der Waals surface area contributed by atoms with Gasteiger partial charge in [-0.15, -0.1) is 0 Å². The van der Waals surface area contributed by atoms with Crippen LogP contribution >= 0.6 is 0 Å². The van der Waals surface area contributed by atoms with Crippen molar-refractivity contribution in [2.24, 2.45) is 0 Å². The molecule has 216 valence electrons. The van der Waals surface area contributed by atoms with Crippen LogP contribution < -0.4 is 25.2 Å². The van der Waals surface area contributed by atoms with Crippen molar-refractivity contribution >= 4 is 40.2 Å². The average molecular weight is 556 g/mol. The van der Waals surface area contributed by atoms with Crippen LogP contribution in [0, 0.1) is 6.92 Å². The zero-order valence-electron chi connectivity index (χ0n) is 25.0. The topological polar surface area (TPSA) is 85.9 Å². The molecule has 3 aromatic rings. The lowest BCUT2D eigenvalue weighted by molar-refractivity contribution is -0.111. The molecule has 2 aliphatic heterocycles. The molecule has 1 amide bonds. The van der Waals surface area contributed by atoms with Crippen molar-refractivity contribution in [1.82, 2.24) is 14.9 Å². The minimum absolute atomic E-state index is 0.0739. The highest BCUT2D eigenvalue weighted by molar-refractivity contribution is 6.02. The van der Waals surface area contributed by atoms with Crippen LogP contribution in [0.4, 0.5) is 34.3 Å². The molecule has 1 atom stereocenters. The maximum atomic E-state index is 12.5. The van der Waals surface area contributed by atoms with Gasteiger partial charge in [0.2, 0.25) is 5.91 Å². The zero-order chi connectivity index (χ0) is 29.3. The minimum atomic E-state index is -0.259. The summed E-state index contributed by atoms with van der Waals surface area (Å²) in [6.45, 7) is 12.8. The number of likely N-dealkylation sites (N-methyl/N-ethyl adjacent to an activating group) is 1. The predicted molar refractivity (Wildman–Crippen MR) is 167 cm³/mol. The van der Waals surface area contributed by atoms with Crippen molar-refractivity contribution in [1.29, 1.82) is 0 Å². The second-order valence-electron chi connectivity index (χ2n) is 11.8. The third kappa shape index (κ3) is 5.86. The molecule has 0 spiro atoms. The molecule has 5 rings (SSSR count). The third-order valence-electron chi connectivity index (χ3n) is 7.84. The van der Waals surface area contributed by atoms with Gasteiger partial charge in [0.1, 0.15) is 11.6 Å². The number of ether oxygens (including phenoxy) is 1. The quantitative estimate of drug-likeness (QED) is 0.329. The van der Waals surface area contributed by atoms with Gasteiger partial charge in [0.15, 0.2) is 0 Å². The van der Waals surface area contributed by atoms with Gasteiger partial charge < -0.3 is 30.1 Å². The van der Waals surface area contributed by atoms with Gasteiger partial charge in [-0.2, -0.15) is 0 Å². The molecule has 1 aromatic carbocycles. The number of nitrogens with zero attached hydrogens (tertiary/aromatic N) is 5. The first-order chi connectivity index (χ1) is 19.6. The summed E-state index contributed by atoms with van der Waals surface area (Å²) in [5.41, 5.74) is 6.56. The average Bonchev–Trinajstić information content (AvgIpc) is 3.49. The van der Waals surface area contributed by atoms with Crippen molar-refractivity contribution in [3.05, 3.63) is 66.6 Å². The number of hydrogen-bond donors (Lipinski definition) is 2. The third-order valence-corrected chi connectivity index (χ3v) is 7.84. The largest absolute Gasteiger partial charge is 0.494 e. The maximum Gasteiger partial charge on any atom is 0.247 e. The monoisotopic (exact) mass is 555 g/mol. The summed E-state index contributed by atoms with van der Waals surface area (Å²) in [6, 6.07) is 12.5. The molecule has 2 N–H and O–H groups in total. The van der Waals surface area contributed by atoms with Gasteiger partial charge in [-0.3, -0.25) is 9.78 Å². The standard InChI is InChI=1S/C32H41N7O2/c1-8-30(40)36-24-17-25(28(41-7)18-27(24)38-15-9-10-23(38)19-37(5)6)35-29-16-22(13-14-33-29)39-20-32(3,4)31-26(39)12-11-21(2)34-31/h8,11-14,16-18,23H,1,9-10,15,19-20H2,2-7H3,(H,33,35)(H,36,40). The number of hydrogen-bond acceptors (Lipinski definition) is 8. The summed E-state index contributed by atoms with van der Waals surface area (Å²) in [4.78, 5) is 28.8. The lowest BCUT2D eigenvalue weighted by Crippen LogP contribution is -2.38. The van der Waals surface area contributed by atoms with E-state index in [1.54, 1.807) is 7.11 Å². The van der Waals surface area contributed by atoms with Crippen LogP contribution in [-0.4, -0.2) is 67.7 Å². The normalized spacial score (nSPS) is 17.5. The van der Waals surface area contributed by atoms with Gasteiger partial charge >= 0.3 is 0 Å². The molecular weight excluding hydrogens is 514 g/mol. The van der Waals surface area contributed by atoms with Crippen LogP contribution in [0.25, 0.3) is 0 Å². The summed E-state index contributed by atoms with van der Waals surface area (Å²) >= 11 is 0. The smallest absolute Gasteiger partial charge is 0.247 e. The Balaban J connectivity index is 1.49. The van der Waals surface area contributed by atoms with E-state index in [1.165, 1.54) is 6.08 Å². The fourth-order valence-corrected chi connectivity index (χ4v) is 5.97. The molecule has 41 heavy (non-hydrogen) atoms. The molecule has 9 heteroatoms. The van der Waals surface area contributed by atoms with Gasteiger partial charge in [-0.1, -0.05) is 20.4 Å². The second-order valence-corrected chi connectivity index (χ2v) is 11.8. The van der Waals surface area contributed by atoms with Gasteiger partial charge in [-0.25, -0.2) is 4.98 Å². The summed E-state index contributed by atoms with van der Waals surface area (Å²) in [7, 11) is 5.84. The number of carbonyl (C=O) groups is 1. The molecule has 0 saturated carbocycles. The number of amides is 1. The van der Waals surface area contributed by atoms with E-state index in [4.69, 9.17) is 9.72 Å². The fourth-order valence-electron chi connectivity index (χ4n) is 5.97. The number of pyridine rings is 2. The van der Waals surface area contributed by atoms with E-state index in [0.717, 1.165) is 60.9 Å². The Bertz CT molecular complexity index is 1450. The van der Waals surface area contributed by atoms with Crippen molar-refractivity contribution < 1.29 is 9.53 Å². The lowest BCUT2D eigenvalue weighted by Gasteiger charge is -2.31. The number of rotatable bonds is 9. The van der Waals surface area contributed by atoms with Crippen molar-refractivity contribution in [2.45, 2.75) is 45.1 Å². The first-order valence-electron chi connectivity index (χ1n) is 14.1. The first kappa shape index (κ1) is 28.4. The Kier molecular flexibility index (Phi) is 7.91. The van der Waals surface area contributed by atoms with Crippen LogP contribution in [-0.2, 0) is 10.2 Å². The second kappa shape index (κ2) is 11.4. The predicted octanol–water partition coefficient (Wildman–Crippen LogP) is 5.62. The molecule has 0 bridgehead atoms. The van der Waals surface area contributed by atoms with Crippen molar-refractivity contribution in [3.8, 4) is 5.75 Å². The van der Waals surface area contributed by atoms with Crippen LogP contribution in [0.15, 0.2) is 55.3 Å². The molecule has 1 fully saturated rings. The van der Waals surface area contributed by atoms with Crippen LogP contribution in [0.1, 0.15) is 38.1 Å². The Hall–Kier alpha value is -4.11. The molecule has 2 aliphatic rings. The molecule has 2 aromatic heterocycles. The van der Waals surface area contributed by atoms with E-state index < -0.39 is 0 Å². The molecule has 1 unspecified atom stereocenters. The number of nitrogens with one attached hydrogen (secondary N) is 2. The van der Waals surface area contributed by atoms with E-state index in [2.05, 4.69) is 77.0 Å². The SMILES string of the molecule is C=CC(=O)Nc1cc(Nc2cc(N3CC(C)(C)c4nc(C)ccc43)ccn2)c(OC)cc1N1CCCC1CN(C)C. The number of aromatic nitrogens is 2. The van der Waals surface area contributed by atoms with Crippen molar-refractivity contribution in [3.63, 3.8) is 0 Å². The minimum Gasteiger partial charge on any atom is -0.494 e. The number of anilines is 6. The summed E-state index contributed by atoms with van der Waals surface area (Å²) in [5.74, 6) is 1.09. The lowest BCUT2D eigenvalue weighted by atomic mass is 9.91. The molecule has 0 radical (unpaired) electrons. The van der Waals surface area contributed by atoms with E-state index in [9.17, 15) is 4.79 Å². The van der Waals surface area contributed by atoms with Gasteiger partial charge in [0, 0.05) is 60.8 Å². The molecule has 9 nitrogen and oxygen atoms in total. The van der Waals surface area contributed by atoms with E-state index in [-0.39, 0.29) is 11.3 Å². The summed E-state index contributed by atoms with van der Waals surface area (Å²) < 4.78 is 5.86. The number of aryl methyl sites for hydroxylation is 1. The molecule has 0 aliphatic carbocycles. The fraction of sp³-hybridized carbons (Fsp3) is 0.406. The molecular formula is C32H41N7O2. The van der Waals surface area contributed by atoms with Crippen LogP contribution in [0.3, 0.4) is 0 Å². The molecule has 4 heterocycles. The summed E-state index contributed by atoms with van der Waals surface area (Å²) in [6.07, 6.45) is 5.29. The molecule has 1 saturated heterocycles. The highest BCUT2D eigenvalue weighted by Gasteiger charge is 2.37. The zero-order valence-corrected chi connectivity index (χ0v) is 25.0. The maximum absolute atomic E-state index is 12.5. The van der Waals surface area contributed by atoms with E-state index in [0.29, 0.717) is 29.0 Å². The Morgan fingerprint density at radius 1 is 1.20 bits per heavy atom. The van der Waals surface area contributed by atoms with E-state index >= 15 is 0 Å². The Labute approximate surface area is 243 Å². The van der Waals surface area contributed by atoms with Gasteiger partial charge in [0.05, 0.1) is 35.6 Å². The Morgan fingerprint density at radius 3 is 2.73 bits per heavy atom. The number of fused-ring (bicyclic) bond motifs is 1. The van der Waals surface area contributed by atoms with Gasteiger partial charge in [-0.05, 0) is 64.2 Å². The van der Waals surface area contributed by atoms with Crippen LogP contribution in [0.2, 0.25) is 0 Å². The van der Waals surface area contributed by atoms with Gasteiger partial charge in [0.25, 0.3) is 0 Å². The summed E-state index contributed by atoms with van der Waals surface area (Å²) in [5, 5.41) is 6.48. The number of carbonyl (C=O) groups excluding carboxylic acids is 1. The van der Waals surface area contributed by atoms with Crippen LogP contribution in [0.5, 0.6) is 5.75 Å². The van der Waals surface area contributed by atoms with Crippen molar-refractivity contribution in [2.75, 3.05) is 61.3 Å².